The Morgan fingerprint density at radius 2 is 1.75 bits per heavy atom. The third-order valence-electron chi connectivity index (χ3n) is 4.92. The molecule has 0 saturated carbocycles. The van der Waals surface area contributed by atoms with Gasteiger partial charge in [-0.2, -0.15) is 0 Å². The predicted molar refractivity (Wildman–Crippen MR) is 135 cm³/mol. The molecule has 0 aliphatic rings. The van der Waals surface area contributed by atoms with E-state index < -0.39 is 23.7 Å². The summed E-state index contributed by atoms with van der Waals surface area (Å²) in [4.78, 5) is 37.5. The number of nitrogens with one attached hydrogen (secondary N) is 1. The van der Waals surface area contributed by atoms with Gasteiger partial charge in [-0.15, -0.1) is 10.2 Å². The molecule has 2 N–H and O–H groups in total. The van der Waals surface area contributed by atoms with Gasteiger partial charge in [0.1, 0.15) is 11.6 Å². The van der Waals surface area contributed by atoms with Crippen molar-refractivity contribution in [1.29, 1.82) is 0 Å². The van der Waals surface area contributed by atoms with E-state index in [0.29, 0.717) is 11.3 Å². The number of amides is 2. The van der Waals surface area contributed by atoms with E-state index in [9.17, 15) is 19.5 Å². The van der Waals surface area contributed by atoms with Crippen molar-refractivity contribution in [3.8, 4) is 11.5 Å². The Labute approximate surface area is 213 Å². The molecule has 0 aliphatic carbocycles. The maximum atomic E-state index is 12.6. The zero-order valence-electron chi connectivity index (χ0n) is 20.4. The first-order valence-corrected chi connectivity index (χ1v) is 12.1. The lowest BCUT2D eigenvalue weighted by Gasteiger charge is -2.24. The molecule has 0 aliphatic heterocycles. The molecule has 3 rings (SSSR count). The number of hydrogen-bond acceptors (Lipinski definition) is 8. The first-order chi connectivity index (χ1) is 17.0. The van der Waals surface area contributed by atoms with Crippen molar-refractivity contribution < 1.29 is 28.6 Å². The number of ether oxygens (including phenoxy) is 1. The van der Waals surface area contributed by atoms with E-state index in [0.717, 1.165) is 17.3 Å². The summed E-state index contributed by atoms with van der Waals surface area (Å²) in [5.74, 6) is -1.27. The summed E-state index contributed by atoms with van der Waals surface area (Å²) < 4.78 is 10.9. The summed E-state index contributed by atoms with van der Waals surface area (Å²) >= 11 is 1.03. The maximum absolute atomic E-state index is 12.6. The van der Waals surface area contributed by atoms with Crippen LogP contribution in [-0.2, 0) is 20.7 Å². The van der Waals surface area contributed by atoms with Gasteiger partial charge < -0.3 is 19.2 Å². The molecule has 0 saturated heterocycles. The number of benzene rings is 2. The molecule has 0 spiro atoms. The van der Waals surface area contributed by atoms with Gasteiger partial charge in [0.15, 0.2) is 0 Å². The monoisotopic (exact) mass is 512 g/mol. The first kappa shape index (κ1) is 26.7. The van der Waals surface area contributed by atoms with Gasteiger partial charge in [-0.25, -0.2) is 9.59 Å². The van der Waals surface area contributed by atoms with Crippen LogP contribution in [0.2, 0.25) is 0 Å². The zero-order chi connectivity index (χ0) is 26.3. The van der Waals surface area contributed by atoms with Gasteiger partial charge in [0.25, 0.3) is 5.22 Å². The molecule has 3 aromatic rings. The van der Waals surface area contributed by atoms with E-state index in [-0.39, 0.29) is 29.2 Å². The van der Waals surface area contributed by atoms with Gasteiger partial charge in [0.2, 0.25) is 11.8 Å². The first-order valence-electron chi connectivity index (χ1n) is 11.1. The van der Waals surface area contributed by atoms with Crippen LogP contribution in [0.4, 0.5) is 10.5 Å². The van der Waals surface area contributed by atoms with Gasteiger partial charge in [0.05, 0.1) is 5.75 Å². The number of carbonyl (C=O) groups is 3. The van der Waals surface area contributed by atoms with Crippen LogP contribution in [-0.4, -0.2) is 62.6 Å². The fourth-order valence-corrected chi connectivity index (χ4v) is 3.82. The Balaban J connectivity index is 1.56. The minimum Gasteiger partial charge on any atom is -0.480 e. The molecule has 10 nitrogen and oxygen atoms in total. The van der Waals surface area contributed by atoms with Crippen molar-refractivity contribution in [2.75, 3.05) is 18.1 Å². The van der Waals surface area contributed by atoms with Crippen LogP contribution in [0.25, 0.3) is 11.5 Å². The SMILES string of the molecule is CN(C(=O)CSc1nnc(-c2ccc(NC(=O)OC(C)(C)C)cc2)o1)[C@@H](Cc1ccccc1)C(=O)O. The van der Waals surface area contributed by atoms with Crippen molar-refractivity contribution in [3.05, 3.63) is 60.2 Å². The highest BCUT2D eigenvalue weighted by Gasteiger charge is 2.27. The fourth-order valence-electron chi connectivity index (χ4n) is 3.13. The standard InChI is InChI=1S/C25H28N4O6S/c1-25(2,3)35-23(33)26-18-12-10-17(11-13-18)21-27-28-24(34-21)36-15-20(30)29(4)19(22(31)32)14-16-8-6-5-7-9-16/h5-13,19H,14-15H2,1-4H3,(H,26,33)(H,31,32)/t19-/m0/s1. The van der Waals surface area contributed by atoms with Gasteiger partial charge in [-0.1, -0.05) is 42.1 Å². The van der Waals surface area contributed by atoms with Crippen molar-refractivity contribution in [2.24, 2.45) is 0 Å². The van der Waals surface area contributed by atoms with E-state index in [1.165, 1.54) is 11.9 Å². The highest BCUT2D eigenvalue weighted by atomic mass is 32.2. The smallest absolute Gasteiger partial charge is 0.412 e. The number of aliphatic carboxylic acids is 1. The summed E-state index contributed by atoms with van der Waals surface area (Å²) in [6.45, 7) is 5.34. The molecule has 0 bridgehead atoms. The minimum atomic E-state index is -1.08. The number of carbonyl (C=O) groups excluding carboxylic acids is 2. The van der Waals surface area contributed by atoms with Crippen LogP contribution in [0.5, 0.6) is 0 Å². The third-order valence-corrected chi connectivity index (χ3v) is 5.72. The van der Waals surface area contributed by atoms with Crippen molar-refractivity contribution in [3.63, 3.8) is 0 Å². The Morgan fingerprint density at radius 3 is 2.36 bits per heavy atom. The van der Waals surface area contributed by atoms with Gasteiger partial charge in [-0.3, -0.25) is 10.1 Å². The molecule has 1 heterocycles. The summed E-state index contributed by atoms with van der Waals surface area (Å²) in [7, 11) is 1.47. The Bertz CT molecular complexity index is 1190. The number of carboxylic acid groups (broad SMARTS) is 1. The van der Waals surface area contributed by atoms with Crippen molar-refractivity contribution in [1.82, 2.24) is 15.1 Å². The van der Waals surface area contributed by atoms with E-state index in [1.807, 2.05) is 30.3 Å². The van der Waals surface area contributed by atoms with Crippen LogP contribution < -0.4 is 5.32 Å². The largest absolute Gasteiger partial charge is 0.480 e. The number of rotatable bonds is 9. The highest BCUT2D eigenvalue weighted by Crippen LogP contribution is 2.25. The van der Waals surface area contributed by atoms with Crippen molar-refractivity contribution in [2.45, 2.75) is 44.1 Å². The number of nitrogens with zero attached hydrogens (tertiary/aromatic N) is 3. The summed E-state index contributed by atoms with van der Waals surface area (Å²) in [5.41, 5.74) is 1.39. The second-order valence-electron chi connectivity index (χ2n) is 8.91. The molecule has 11 heteroatoms. The zero-order valence-corrected chi connectivity index (χ0v) is 21.2. The summed E-state index contributed by atoms with van der Waals surface area (Å²) in [6, 6.07) is 14.9. The molecular formula is C25H28N4O6S. The van der Waals surface area contributed by atoms with E-state index in [1.54, 1.807) is 45.0 Å². The number of hydrogen-bond donors (Lipinski definition) is 2. The molecule has 190 valence electrons. The van der Waals surface area contributed by atoms with E-state index in [2.05, 4.69) is 15.5 Å². The minimum absolute atomic E-state index is 0.0601. The molecule has 0 unspecified atom stereocenters. The Morgan fingerprint density at radius 1 is 1.08 bits per heavy atom. The number of aromatic nitrogens is 2. The average Bonchev–Trinajstić information content (AvgIpc) is 3.29. The topological polar surface area (TPSA) is 135 Å². The normalized spacial score (nSPS) is 12.0. The fraction of sp³-hybridized carbons (Fsp3) is 0.320. The van der Waals surface area contributed by atoms with Crippen LogP contribution in [0.1, 0.15) is 26.3 Å². The quantitative estimate of drug-likeness (QED) is 0.402. The number of carboxylic acids is 1. The van der Waals surface area contributed by atoms with E-state index in [4.69, 9.17) is 9.15 Å². The van der Waals surface area contributed by atoms with Crippen LogP contribution >= 0.6 is 11.8 Å². The summed E-state index contributed by atoms with van der Waals surface area (Å²) in [6.07, 6.45) is -0.359. The molecule has 1 aromatic heterocycles. The number of anilines is 1. The van der Waals surface area contributed by atoms with Crippen LogP contribution in [0, 0.1) is 0 Å². The Hall–Kier alpha value is -3.86. The second-order valence-corrected chi connectivity index (χ2v) is 9.84. The average molecular weight is 513 g/mol. The van der Waals surface area contributed by atoms with E-state index >= 15 is 0 Å². The second kappa shape index (κ2) is 11.7. The van der Waals surface area contributed by atoms with Crippen molar-refractivity contribution >= 4 is 35.4 Å². The summed E-state index contributed by atoms with van der Waals surface area (Å²) in [5, 5.41) is 20.4. The molecule has 0 radical (unpaired) electrons. The maximum Gasteiger partial charge on any atom is 0.412 e. The van der Waals surface area contributed by atoms with Crippen LogP contribution in [0.15, 0.2) is 64.2 Å². The van der Waals surface area contributed by atoms with Gasteiger partial charge >= 0.3 is 12.1 Å². The van der Waals surface area contributed by atoms with Gasteiger partial charge in [-0.05, 0) is 50.6 Å². The molecule has 1 atom stereocenters. The number of thioether (sulfide) groups is 1. The molecule has 0 fully saturated rings. The molecule has 2 amide bonds. The third kappa shape index (κ3) is 7.84. The highest BCUT2D eigenvalue weighted by molar-refractivity contribution is 7.99. The van der Waals surface area contributed by atoms with Crippen LogP contribution in [0.3, 0.4) is 0 Å². The Kier molecular flexibility index (Phi) is 8.70. The lowest BCUT2D eigenvalue weighted by atomic mass is 10.1. The molecule has 2 aromatic carbocycles. The molecular weight excluding hydrogens is 484 g/mol. The predicted octanol–water partition coefficient (Wildman–Crippen LogP) is 4.33. The van der Waals surface area contributed by atoms with Gasteiger partial charge in [0, 0.05) is 24.7 Å². The number of likely N-dealkylation sites (N-methyl/N-ethyl adjacent to an activating group) is 1. The lowest BCUT2D eigenvalue weighted by Crippen LogP contribution is -2.44. The molecule has 36 heavy (non-hydrogen) atoms. The lowest BCUT2D eigenvalue weighted by molar-refractivity contribution is -0.148.